The van der Waals surface area contributed by atoms with Crippen LogP contribution in [0.1, 0.15) is 57.4 Å². The molecule has 3 aliphatic rings. The lowest BCUT2D eigenvalue weighted by Gasteiger charge is -2.40. The lowest BCUT2D eigenvalue weighted by Crippen LogP contribution is -2.32. The van der Waals surface area contributed by atoms with Crippen LogP contribution < -0.4 is 0 Å². The average Bonchev–Trinajstić information content (AvgIpc) is 3.04. The number of phenolic OH excluding ortho intramolecular Hbond substituents is 1. The topological polar surface area (TPSA) is 60.7 Å². The molecule has 0 amide bonds. The van der Waals surface area contributed by atoms with Crippen molar-refractivity contribution >= 4 is 0 Å². The zero-order valence-corrected chi connectivity index (χ0v) is 17.8. The van der Waals surface area contributed by atoms with Gasteiger partial charge in [-0.3, -0.25) is 0 Å². The van der Waals surface area contributed by atoms with Crippen molar-refractivity contribution < 1.29 is 15.3 Å². The lowest BCUT2D eigenvalue weighted by molar-refractivity contribution is 0.0862. The molecule has 30 heavy (non-hydrogen) atoms. The number of rotatable bonds is 1. The number of hydrogen-bond acceptors (Lipinski definition) is 3. The molecule has 4 rings (SSSR count). The lowest BCUT2D eigenvalue weighted by atomic mass is 9.63. The second kappa shape index (κ2) is 8.46. The summed E-state index contributed by atoms with van der Waals surface area (Å²) in [6.45, 7) is 6.42. The van der Waals surface area contributed by atoms with Gasteiger partial charge in [-0.1, -0.05) is 49.1 Å². The van der Waals surface area contributed by atoms with Gasteiger partial charge in [0.1, 0.15) is 5.75 Å². The molecule has 3 saturated carbocycles. The van der Waals surface area contributed by atoms with Gasteiger partial charge >= 0.3 is 0 Å². The summed E-state index contributed by atoms with van der Waals surface area (Å²) in [5.41, 5.74) is 4.23. The summed E-state index contributed by atoms with van der Waals surface area (Å²) in [7, 11) is 0. The van der Waals surface area contributed by atoms with Crippen LogP contribution in [0.25, 0.3) is 0 Å². The molecule has 3 heteroatoms. The summed E-state index contributed by atoms with van der Waals surface area (Å²) in [4.78, 5) is 0. The molecule has 3 N–H and O–H groups in total. The number of allylic oxidation sites excluding steroid dienone is 3. The van der Waals surface area contributed by atoms with E-state index in [2.05, 4.69) is 37.5 Å². The fourth-order valence-corrected chi connectivity index (χ4v) is 5.70. The van der Waals surface area contributed by atoms with Crippen LogP contribution >= 0.6 is 0 Å². The number of phenols is 1. The first kappa shape index (κ1) is 21.0. The van der Waals surface area contributed by atoms with E-state index in [9.17, 15) is 15.3 Å². The SMILES string of the molecule is C=C1/C(=C\C=C2/CCC[C@]3(C)[C@@H](C#Cc4cccc(O)c4)CC[C@@H]23)C[C@@H](O)C[C@@H]1O. The van der Waals surface area contributed by atoms with Crippen molar-refractivity contribution in [2.75, 3.05) is 0 Å². The van der Waals surface area contributed by atoms with Gasteiger partial charge in [0, 0.05) is 17.9 Å². The predicted octanol–water partition coefficient (Wildman–Crippen LogP) is 4.88. The minimum absolute atomic E-state index is 0.176. The van der Waals surface area contributed by atoms with E-state index in [-0.39, 0.29) is 11.2 Å². The number of aliphatic hydroxyl groups is 2. The van der Waals surface area contributed by atoms with E-state index in [1.54, 1.807) is 12.1 Å². The average molecular weight is 405 g/mol. The summed E-state index contributed by atoms with van der Waals surface area (Å²) in [6.07, 6.45) is 9.85. The highest BCUT2D eigenvalue weighted by molar-refractivity contribution is 5.41. The molecule has 0 aliphatic heterocycles. The van der Waals surface area contributed by atoms with Crippen molar-refractivity contribution in [3.63, 3.8) is 0 Å². The molecule has 1 aromatic carbocycles. The normalized spacial score (nSPS) is 36.4. The minimum Gasteiger partial charge on any atom is -0.508 e. The highest BCUT2D eigenvalue weighted by Crippen LogP contribution is 2.57. The summed E-state index contributed by atoms with van der Waals surface area (Å²) in [6, 6.07) is 7.17. The van der Waals surface area contributed by atoms with Gasteiger partial charge in [-0.15, -0.1) is 0 Å². The van der Waals surface area contributed by atoms with Gasteiger partial charge in [0.25, 0.3) is 0 Å². The molecular formula is C27H32O3. The Morgan fingerprint density at radius 3 is 2.83 bits per heavy atom. The molecule has 0 radical (unpaired) electrons. The monoisotopic (exact) mass is 404 g/mol. The van der Waals surface area contributed by atoms with Crippen LogP contribution in [0.5, 0.6) is 5.75 Å². The maximum Gasteiger partial charge on any atom is 0.116 e. The van der Waals surface area contributed by atoms with E-state index in [1.807, 2.05) is 12.1 Å². The third-order valence-corrected chi connectivity index (χ3v) is 7.47. The van der Waals surface area contributed by atoms with E-state index >= 15 is 0 Å². The quantitative estimate of drug-likeness (QED) is 0.585. The number of hydrogen-bond donors (Lipinski definition) is 3. The Morgan fingerprint density at radius 2 is 2.03 bits per heavy atom. The van der Waals surface area contributed by atoms with Crippen LogP contribution in [-0.4, -0.2) is 27.5 Å². The third-order valence-electron chi connectivity index (χ3n) is 7.47. The highest BCUT2D eigenvalue weighted by Gasteiger charge is 2.48. The van der Waals surface area contributed by atoms with Crippen LogP contribution in [-0.2, 0) is 0 Å². The minimum atomic E-state index is -0.640. The zero-order valence-electron chi connectivity index (χ0n) is 17.8. The van der Waals surface area contributed by atoms with Crippen molar-refractivity contribution in [2.45, 2.75) is 64.1 Å². The van der Waals surface area contributed by atoms with Crippen LogP contribution in [0.3, 0.4) is 0 Å². The van der Waals surface area contributed by atoms with Gasteiger partial charge in [0.2, 0.25) is 0 Å². The molecule has 0 spiro atoms. The first-order valence-electron chi connectivity index (χ1n) is 11.1. The van der Waals surface area contributed by atoms with Crippen LogP contribution in [0.4, 0.5) is 0 Å². The number of aromatic hydroxyl groups is 1. The summed E-state index contributed by atoms with van der Waals surface area (Å²) < 4.78 is 0. The molecule has 5 atom stereocenters. The molecule has 0 heterocycles. The third kappa shape index (κ3) is 4.13. The number of benzene rings is 1. The van der Waals surface area contributed by atoms with Crippen molar-refractivity contribution in [3.05, 3.63) is 65.3 Å². The Balaban J connectivity index is 1.55. The Bertz CT molecular complexity index is 944. The van der Waals surface area contributed by atoms with Crippen LogP contribution in [0, 0.1) is 29.1 Å². The maximum absolute atomic E-state index is 10.1. The summed E-state index contributed by atoms with van der Waals surface area (Å²) >= 11 is 0. The van der Waals surface area contributed by atoms with E-state index < -0.39 is 12.2 Å². The predicted molar refractivity (Wildman–Crippen MR) is 120 cm³/mol. The van der Waals surface area contributed by atoms with E-state index in [4.69, 9.17) is 0 Å². The van der Waals surface area contributed by atoms with Crippen LogP contribution in [0.15, 0.2) is 59.7 Å². The van der Waals surface area contributed by atoms with Gasteiger partial charge in [0.05, 0.1) is 12.2 Å². The van der Waals surface area contributed by atoms with Crippen molar-refractivity contribution in [1.82, 2.24) is 0 Å². The smallest absolute Gasteiger partial charge is 0.116 e. The van der Waals surface area contributed by atoms with E-state index in [1.165, 1.54) is 18.4 Å². The fourth-order valence-electron chi connectivity index (χ4n) is 5.70. The maximum atomic E-state index is 10.1. The van der Waals surface area contributed by atoms with Gasteiger partial charge in [-0.2, -0.15) is 0 Å². The molecular weight excluding hydrogens is 372 g/mol. The standard InChI is InChI=1S/C27H32O3/c1-18-21(16-24(29)17-26(18)30)10-9-20-6-4-14-27(2)22(12-13-25(20)27)11-8-19-5-3-7-23(28)15-19/h3,5,7,9-10,15,22,24-26,28-30H,1,4,6,12-14,16-17H2,2H3/b20-9+,21-10-/t22-,24+,25-,26-,27+/m0/s1. The van der Waals surface area contributed by atoms with Crippen molar-refractivity contribution in [1.29, 1.82) is 0 Å². The molecule has 1 aromatic rings. The van der Waals surface area contributed by atoms with Crippen molar-refractivity contribution in [3.8, 4) is 17.6 Å². The zero-order chi connectivity index (χ0) is 21.3. The summed E-state index contributed by atoms with van der Waals surface area (Å²) in [5, 5.41) is 29.8. The van der Waals surface area contributed by atoms with Crippen molar-refractivity contribution in [2.24, 2.45) is 17.3 Å². The largest absolute Gasteiger partial charge is 0.508 e. The molecule has 3 aliphatic carbocycles. The van der Waals surface area contributed by atoms with Gasteiger partial charge in [0.15, 0.2) is 0 Å². The Hall–Kier alpha value is -2.28. The van der Waals surface area contributed by atoms with Crippen LogP contribution in [0.2, 0.25) is 0 Å². The van der Waals surface area contributed by atoms with E-state index in [0.717, 1.165) is 36.0 Å². The Labute approximate surface area is 179 Å². The highest BCUT2D eigenvalue weighted by atomic mass is 16.3. The molecule has 0 saturated heterocycles. The summed E-state index contributed by atoms with van der Waals surface area (Å²) in [5.74, 6) is 7.96. The first-order valence-corrected chi connectivity index (χ1v) is 11.1. The fraction of sp³-hybridized carbons (Fsp3) is 0.481. The Morgan fingerprint density at radius 1 is 1.20 bits per heavy atom. The molecule has 0 bridgehead atoms. The Kier molecular flexibility index (Phi) is 5.91. The molecule has 0 aromatic heterocycles. The second-order valence-corrected chi connectivity index (χ2v) is 9.43. The molecule has 3 fully saturated rings. The van der Waals surface area contributed by atoms with Gasteiger partial charge < -0.3 is 15.3 Å². The molecule has 3 nitrogen and oxygen atoms in total. The van der Waals surface area contributed by atoms with E-state index in [0.29, 0.717) is 24.7 Å². The van der Waals surface area contributed by atoms with Gasteiger partial charge in [-0.25, -0.2) is 0 Å². The van der Waals surface area contributed by atoms with Gasteiger partial charge in [-0.05, 0) is 79.2 Å². The number of fused-ring (bicyclic) bond motifs is 1. The molecule has 0 unspecified atom stereocenters. The number of aliphatic hydroxyl groups excluding tert-OH is 2. The molecule has 158 valence electrons. The first-order chi connectivity index (χ1) is 14.4. The second-order valence-electron chi connectivity index (χ2n) is 9.43.